The first-order valence-electron chi connectivity index (χ1n) is 7.93. The zero-order valence-electron chi connectivity index (χ0n) is 13.7. The van der Waals surface area contributed by atoms with E-state index in [-0.39, 0.29) is 0 Å². The van der Waals surface area contributed by atoms with Crippen molar-refractivity contribution < 1.29 is 14.4 Å². The van der Waals surface area contributed by atoms with Crippen LogP contribution in [0, 0.1) is 0 Å². The minimum Gasteiger partial charge on any atom is -0.400 e. The van der Waals surface area contributed by atoms with Crippen molar-refractivity contribution in [3.05, 3.63) is 29.3 Å². The summed E-state index contributed by atoms with van der Waals surface area (Å²) in [6, 6.07) is 8.11. The number of halogens is 1. The highest BCUT2D eigenvalue weighted by Gasteiger charge is 2.30. The van der Waals surface area contributed by atoms with E-state index in [4.69, 9.17) is 16.7 Å². The van der Waals surface area contributed by atoms with Crippen LogP contribution in [0.1, 0.15) is 19.8 Å². The van der Waals surface area contributed by atoms with Crippen molar-refractivity contribution in [1.29, 1.82) is 0 Å². The van der Waals surface area contributed by atoms with Gasteiger partial charge in [-0.15, -0.1) is 0 Å². The van der Waals surface area contributed by atoms with Gasteiger partial charge in [-0.3, -0.25) is 0 Å². The zero-order valence-corrected chi connectivity index (χ0v) is 14.4. The number of hydrogen-bond donors (Lipinski definition) is 1. The van der Waals surface area contributed by atoms with Crippen LogP contribution in [0.2, 0.25) is 5.02 Å². The molecule has 0 spiro atoms. The van der Waals surface area contributed by atoms with Crippen LogP contribution in [0.25, 0.3) is 0 Å². The van der Waals surface area contributed by atoms with Gasteiger partial charge in [0.2, 0.25) is 0 Å². The second-order valence-electron chi connectivity index (χ2n) is 5.60. The first-order chi connectivity index (χ1) is 10.7. The first kappa shape index (κ1) is 18.9. The molecule has 0 amide bonds. The molecule has 1 aliphatic rings. The minimum atomic E-state index is 0.695. The van der Waals surface area contributed by atoms with Crippen LogP contribution in [0.15, 0.2) is 24.3 Å². The van der Waals surface area contributed by atoms with Gasteiger partial charge in [0.15, 0.2) is 0 Å². The summed E-state index contributed by atoms with van der Waals surface area (Å²) in [7, 11) is 1.00. The predicted octanol–water partition coefficient (Wildman–Crippen LogP) is 2.58. The molecule has 1 saturated heterocycles. The summed E-state index contributed by atoms with van der Waals surface area (Å²) in [6.07, 6.45) is 2.75. The molecule has 1 fully saturated rings. The molecule has 1 aliphatic heterocycles. The molecule has 1 aromatic rings. The Morgan fingerprint density at radius 3 is 2.32 bits per heavy atom. The summed E-state index contributed by atoms with van der Waals surface area (Å²) in [5.41, 5.74) is 1.26. The largest absolute Gasteiger partial charge is 0.400 e. The molecule has 0 radical (unpaired) electrons. The van der Waals surface area contributed by atoms with Crippen LogP contribution >= 0.6 is 11.6 Å². The fourth-order valence-corrected chi connectivity index (χ4v) is 3.13. The van der Waals surface area contributed by atoms with Gasteiger partial charge < -0.3 is 19.3 Å². The van der Waals surface area contributed by atoms with Crippen molar-refractivity contribution in [1.82, 2.24) is 0 Å². The molecule has 5 heteroatoms. The number of aliphatic hydroxyl groups excluding tert-OH is 1. The fraction of sp³-hybridized carbons (Fsp3) is 0.588. The Bertz CT molecular complexity index is 429. The molecular weight excluding hydrogens is 300 g/mol. The molecule has 2 rings (SSSR count). The Labute approximate surface area is 138 Å². The second-order valence-corrected chi connectivity index (χ2v) is 6.04. The number of carbonyl (C=O) groups is 1. The molecule has 0 aromatic heterocycles. The van der Waals surface area contributed by atoms with Crippen molar-refractivity contribution in [2.45, 2.75) is 19.8 Å². The molecule has 22 heavy (non-hydrogen) atoms. The Balaban J connectivity index is 0.00000116. The number of likely N-dealkylation sites (N-methyl/N-ethyl adjacent to an activating group) is 1. The van der Waals surface area contributed by atoms with E-state index in [0.717, 1.165) is 68.6 Å². The van der Waals surface area contributed by atoms with E-state index < -0.39 is 0 Å². The highest BCUT2D eigenvalue weighted by atomic mass is 35.5. The van der Waals surface area contributed by atoms with Gasteiger partial charge in [-0.1, -0.05) is 11.6 Å². The number of aldehydes is 1. The third kappa shape index (κ3) is 5.27. The van der Waals surface area contributed by atoms with Crippen molar-refractivity contribution in [3.8, 4) is 0 Å². The van der Waals surface area contributed by atoms with Gasteiger partial charge >= 0.3 is 0 Å². The summed E-state index contributed by atoms with van der Waals surface area (Å²) in [5.74, 6) is 0. The Kier molecular flexibility index (Phi) is 8.46. The molecule has 0 bridgehead atoms. The van der Waals surface area contributed by atoms with Crippen LogP contribution in [0.4, 0.5) is 5.69 Å². The maximum Gasteiger partial charge on any atom is 0.120 e. The molecule has 124 valence electrons. The van der Waals surface area contributed by atoms with Gasteiger partial charge in [-0.2, -0.15) is 0 Å². The molecule has 0 unspecified atom stereocenters. The smallest absolute Gasteiger partial charge is 0.120 e. The lowest BCUT2D eigenvalue weighted by molar-refractivity contribution is -0.927. The summed E-state index contributed by atoms with van der Waals surface area (Å²) >= 11 is 5.94. The number of anilines is 1. The lowest BCUT2D eigenvalue weighted by Gasteiger charge is -2.45. The third-order valence-corrected chi connectivity index (χ3v) is 4.76. The van der Waals surface area contributed by atoms with Crippen LogP contribution in [-0.4, -0.2) is 62.3 Å². The van der Waals surface area contributed by atoms with Gasteiger partial charge in [0.25, 0.3) is 0 Å². The van der Waals surface area contributed by atoms with Crippen molar-refractivity contribution in [2.75, 3.05) is 51.3 Å². The molecule has 1 heterocycles. The van der Waals surface area contributed by atoms with E-state index in [2.05, 4.69) is 24.0 Å². The number of aliphatic hydroxyl groups is 1. The van der Waals surface area contributed by atoms with Gasteiger partial charge in [0, 0.05) is 30.7 Å². The maximum atomic E-state index is 10.5. The quantitative estimate of drug-likeness (QED) is 0.496. The number of rotatable bonds is 6. The maximum absolute atomic E-state index is 10.5. The van der Waals surface area contributed by atoms with Crippen LogP contribution in [0.3, 0.4) is 0 Å². The fourth-order valence-electron chi connectivity index (χ4n) is 3.01. The van der Waals surface area contributed by atoms with E-state index >= 15 is 0 Å². The number of carbonyl (C=O) groups excluding carboxylic acids is 1. The van der Waals surface area contributed by atoms with Gasteiger partial charge in [-0.25, -0.2) is 0 Å². The topological polar surface area (TPSA) is 40.5 Å². The standard InChI is InChI=1S/C16H24ClN2O.CH4O/c1-2-19(11-3-4-14-20)12-9-18(10-13-19)16-7-5-15(17)6-8-16;1-2/h5-8,14H,2-4,9-13H2,1H3;2H,1H3/q+1;. The Hall–Kier alpha value is -1.10. The van der Waals surface area contributed by atoms with Gasteiger partial charge in [0.1, 0.15) is 6.29 Å². The van der Waals surface area contributed by atoms with Crippen LogP contribution < -0.4 is 4.90 Å². The lowest BCUT2D eigenvalue weighted by atomic mass is 10.1. The molecule has 4 nitrogen and oxygen atoms in total. The number of piperazine rings is 1. The van der Waals surface area contributed by atoms with E-state index in [0.29, 0.717) is 6.42 Å². The van der Waals surface area contributed by atoms with Crippen molar-refractivity contribution >= 4 is 23.6 Å². The lowest BCUT2D eigenvalue weighted by Crippen LogP contribution is -2.60. The highest BCUT2D eigenvalue weighted by Crippen LogP contribution is 2.22. The van der Waals surface area contributed by atoms with E-state index in [1.54, 1.807) is 0 Å². The monoisotopic (exact) mass is 327 g/mol. The first-order valence-corrected chi connectivity index (χ1v) is 8.31. The van der Waals surface area contributed by atoms with E-state index in [9.17, 15) is 4.79 Å². The molecule has 1 aromatic carbocycles. The third-order valence-electron chi connectivity index (χ3n) is 4.51. The summed E-state index contributed by atoms with van der Waals surface area (Å²) in [5, 5.41) is 7.79. The van der Waals surface area contributed by atoms with Gasteiger partial charge in [0.05, 0.1) is 39.3 Å². The Morgan fingerprint density at radius 1 is 1.23 bits per heavy atom. The number of benzene rings is 1. The summed E-state index contributed by atoms with van der Waals surface area (Å²) in [4.78, 5) is 12.9. The predicted molar refractivity (Wildman–Crippen MR) is 92.5 cm³/mol. The van der Waals surface area contributed by atoms with E-state index in [1.807, 2.05) is 12.1 Å². The Morgan fingerprint density at radius 2 is 1.82 bits per heavy atom. The summed E-state index contributed by atoms with van der Waals surface area (Å²) in [6.45, 7) is 9.04. The van der Waals surface area contributed by atoms with Crippen LogP contribution in [0.5, 0.6) is 0 Å². The molecule has 0 atom stereocenters. The number of hydrogen-bond acceptors (Lipinski definition) is 3. The molecule has 0 aliphatic carbocycles. The SMILES string of the molecule is CC[N+]1(CCCC=O)CCN(c2ccc(Cl)cc2)CC1.CO. The number of nitrogens with zero attached hydrogens (tertiary/aromatic N) is 2. The number of quaternary nitrogens is 1. The number of unbranched alkanes of at least 4 members (excludes halogenated alkanes) is 1. The molecular formula is C17H28ClN2O2+. The van der Waals surface area contributed by atoms with Crippen LogP contribution in [-0.2, 0) is 4.79 Å². The highest BCUT2D eigenvalue weighted by molar-refractivity contribution is 6.30. The van der Waals surface area contributed by atoms with Crippen molar-refractivity contribution in [3.63, 3.8) is 0 Å². The average Bonchev–Trinajstić information content (AvgIpc) is 2.58. The van der Waals surface area contributed by atoms with E-state index in [1.165, 1.54) is 5.69 Å². The zero-order chi connectivity index (χ0) is 16.4. The van der Waals surface area contributed by atoms with Gasteiger partial charge in [-0.05, 0) is 31.2 Å². The molecule has 0 saturated carbocycles. The normalized spacial score (nSPS) is 16.6. The molecule has 1 N–H and O–H groups in total. The average molecular weight is 328 g/mol. The van der Waals surface area contributed by atoms with Crippen molar-refractivity contribution in [2.24, 2.45) is 0 Å². The second kappa shape index (κ2) is 9.82. The summed E-state index contributed by atoms with van der Waals surface area (Å²) < 4.78 is 1.15. The minimum absolute atomic E-state index is 0.695.